The van der Waals surface area contributed by atoms with E-state index in [-0.39, 0.29) is 17.8 Å². The second-order valence-electron chi connectivity index (χ2n) is 8.67. The molecule has 0 radical (unpaired) electrons. The molecule has 1 saturated carbocycles. The zero-order chi connectivity index (χ0) is 22.3. The van der Waals surface area contributed by atoms with Crippen LogP contribution < -0.4 is 0 Å². The Labute approximate surface area is 204 Å². The molecule has 2 heterocycles. The first-order valence-corrected chi connectivity index (χ1v) is 13.8. The summed E-state index contributed by atoms with van der Waals surface area (Å²) in [6.07, 6.45) is 15.6. The molecule has 1 aromatic carbocycles. The second kappa shape index (κ2) is 11.6. The van der Waals surface area contributed by atoms with Crippen molar-refractivity contribution < 1.29 is 9.18 Å². The summed E-state index contributed by atoms with van der Waals surface area (Å²) in [5, 5.41) is 0. The van der Waals surface area contributed by atoms with E-state index in [1.54, 1.807) is 23.5 Å². The smallest absolute Gasteiger partial charge is 0.266 e. The van der Waals surface area contributed by atoms with Gasteiger partial charge in [-0.15, -0.1) is 11.3 Å². The number of thiocarbonyl (C=S) groups is 1. The van der Waals surface area contributed by atoms with Gasteiger partial charge in [0.1, 0.15) is 10.1 Å². The minimum Gasteiger partial charge on any atom is -0.290 e. The molecule has 0 bridgehead atoms. The minimum atomic E-state index is -0.235. The Hall–Kier alpha value is -1.50. The lowest BCUT2D eigenvalue weighted by Gasteiger charge is -2.27. The molecular weight excluding hydrogens is 457 g/mol. The Balaban J connectivity index is 1.46. The van der Waals surface area contributed by atoms with E-state index < -0.39 is 0 Å². The maximum absolute atomic E-state index is 13.3. The molecule has 2 fully saturated rings. The number of thiophene rings is 1. The molecule has 2 aromatic rings. The lowest BCUT2D eigenvalue weighted by atomic mass is 9.97. The molecule has 1 aromatic heterocycles. The highest BCUT2D eigenvalue weighted by atomic mass is 32.2. The Morgan fingerprint density at radius 2 is 1.47 bits per heavy atom. The van der Waals surface area contributed by atoms with Crippen molar-refractivity contribution in [1.82, 2.24) is 4.90 Å². The van der Waals surface area contributed by atoms with Gasteiger partial charge in [-0.05, 0) is 48.7 Å². The van der Waals surface area contributed by atoms with Gasteiger partial charge >= 0.3 is 0 Å². The number of benzene rings is 1. The normalized spacial score (nSPS) is 21.0. The molecule has 0 unspecified atom stereocenters. The third kappa shape index (κ3) is 6.09. The van der Waals surface area contributed by atoms with Gasteiger partial charge in [0.25, 0.3) is 5.91 Å². The SMILES string of the molecule is O=C1C(=Cc2ccc(-c3ccc(F)cc3)s2)SC(=S)N1C1CCCCCCCCCCC1. The molecule has 2 nitrogen and oxygen atoms in total. The fourth-order valence-electron chi connectivity index (χ4n) is 4.52. The van der Waals surface area contributed by atoms with Crippen LogP contribution in [0.5, 0.6) is 0 Å². The molecule has 4 rings (SSSR count). The van der Waals surface area contributed by atoms with Crippen molar-refractivity contribution in [3.05, 3.63) is 52.0 Å². The highest BCUT2D eigenvalue weighted by molar-refractivity contribution is 8.26. The average molecular weight is 488 g/mol. The Morgan fingerprint density at radius 3 is 2.09 bits per heavy atom. The summed E-state index contributed by atoms with van der Waals surface area (Å²) in [6.45, 7) is 0. The zero-order valence-electron chi connectivity index (χ0n) is 18.4. The van der Waals surface area contributed by atoms with Crippen LogP contribution in [-0.2, 0) is 4.79 Å². The van der Waals surface area contributed by atoms with E-state index in [4.69, 9.17) is 12.2 Å². The van der Waals surface area contributed by atoms with Crippen LogP contribution in [-0.4, -0.2) is 21.2 Å². The third-order valence-corrected chi connectivity index (χ3v) is 8.70. The van der Waals surface area contributed by atoms with Crippen LogP contribution in [0.4, 0.5) is 4.39 Å². The highest BCUT2D eigenvalue weighted by Gasteiger charge is 2.36. The Morgan fingerprint density at radius 1 is 0.875 bits per heavy atom. The van der Waals surface area contributed by atoms with Crippen LogP contribution in [0.2, 0.25) is 0 Å². The van der Waals surface area contributed by atoms with Gasteiger partial charge in [-0.25, -0.2) is 4.39 Å². The van der Waals surface area contributed by atoms with E-state index in [0.29, 0.717) is 9.23 Å². The fourth-order valence-corrected chi connectivity index (χ4v) is 6.95. The monoisotopic (exact) mass is 487 g/mol. The molecule has 6 heteroatoms. The van der Waals surface area contributed by atoms with E-state index in [9.17, 15) is 9.18 Å². The predicted molar refractivity (Wildman–Crippen MR) is 139 cm³/mol. The summed E-state index contributed by atoms with van der Waals surface area (Å²) in [6, 6.07) is 10.8. The summed E-state index contributed by atoms with van der Waals surface area (Å²) in [4.78, 5) is 18.0. The van der Waals surface area contributed by atoms with Gasteiger partial charge in [0.05, 0.1) is 4.91 Å². The molecule has 32 heavy (non-hydrogen) atoms. The van der Waals surface area contributed by atoms with Gasteiger partial charge in [0.15, 0.2) is 0 Å². The lowest BCUT2D eigenvalue weighted by Crippen LogP contribution is -2.38. The van der Waals surface area contributed by atoms with Gasteiger partial charge in [0.2, 0.25) is 0 Å². The minimum absolute atomic E-state index is 0.0637. The van der Waals surface area contributed by atoms with Crippen molar-refractivity contribution >= 4 is 51.6 Å². The Kier molecular flexibility index (Phi) is 8.55. The van der Waals surface area contributed by atoms with E-state index in [2.05, 4.69) is 0 Å². The Bertz CT molecular complexity index is 954. The molecule has 1 amide bonds. The largest absolute Gasteiger partial charge is 0.290 e. The van der Waals surface area contributed by atoms with Crippen LogP contribution in [0.15, 0.2) is 41.3 Å². The number of hydrogen-bond acceptors (Lipinski definition) is 4. The van der Waals surface area contributed by atoms with Gasteiger partial charge in [-0.1, -0.05) is 93.9 Å². The zero-order valence-corrected chi connectivity index (χ0v) is 20.8. The van der Waals surface area contributed by atoms with Crippen molar-refractivity contribution in [3.8, 4) is 10.4 Å². The number of nitrogens with zero attached hydrogens (tertiary/aromatic N) is 1. The third-order valence-electron chi connectivity index (χ3n) is 6.29. The molecule has 0 spiro atoms. The van der Waals surface area contributed by atoms with E-state index in [1.807, 2.05) is 23.1 Å². The molecule has 170 valence electrons. The number of halogens is 1. The quantitative estimate of drug-likeness (QED) is 0.320. The summed E-state index contributed by atoms with van der Waals surface area (Å²) in [7, 11) is 0. The molecule has 2 aliphatic rings. The number of thioether (sulfide) groups is 1. The number of amides is 1. The van der Waals surface area contributed by atoms with Crippen LogP contribution >= 0.6 is 35.3 Å². The first-order valence-electron chi connectivity index (χ1n) is 11.7. The maximum atomic E-state index is 13.3. The molecular formula is C26H30FNOS3. The van der Waals surface area contributed by atoms with Crippen molar-refractivity contribution in [3.63, 3.8) is 0 Å². The molecule has 1 aliphatic heterocycles. The van der Waals surface area contributed by atoms with Gasteiger partial charge in [-0.3, -0.25) is 9.69 Å². The van der Waals surface area contributed by atoms with Gasteiger partial charge in [-0.2, -0.15) is 0 Å². The van der Waals surface area contributed by atoms with Crippen LogP contribution in [0, 0.1) is 5.82 Å². The van der Waals surface area contributed by atoms with E-state index in [0.717, 1.165) is 28.2 Å². The van der Waals surface area contributed by atoms with Gasteiger partial charge < -0.3 is 0 Å². The standard InChI is InChI=1S/C26H30FNOS3/c27-20-14-12-19(13-15-20)23-17-16-22(31-23)18-24-25(29)28(26(30)32-24)21-10-8-6-4-2-1-3-5-7-9-11-21/h12-18,21H,1-11H2. The number of hydrogen-bond donors (Lipinski definition) is 0. The fraction of sp³-hybridized carbons (Fsp3) is 0.462. The average Bonchev–Trinajstić information content (AvgIpc) is 3.34. The van der Waals surface area contributed by atoms with Crippen molar-refractivity contribution in [1.29, 1.82) is 0 Å². The van der Waals surface area contributed by atoms with Gasteiger partial charge in [0, 0.05) is 15.8 Å². The highest BCUT2D eigenvalue weighted by Crippen LogP contribution is 2.38. The summed E-state index contributed by atoms with van der Waals surface area (Å²) < 4.78 is 13.9. The predicted octanol–water partition coefficient (Wildman–Crippen LogP) is 8.43. The second-order valence-corrected chi connectivity index (χ2v) is 11.5. The molecule has 1 saturated heterocycles. The van der Waals surface area contributed by atoms with Crippen molar-refractivity contribution in [2.75, 3.05) is 0 Å². The van der Waals surface area contributed by atoms with Crippen LogP contribution in [0.1, 0.15) is 75.5 Å². The number of rotatable bonds is 3. The van der Waals surface area contributed by atoms with Crippen LogP contribution in [0.25, 0.3) is 16.5 Å². The molecule has 0 atom stereocenters. The number of carbonyl (C=O) groups excluding carboxylic acids is 1. The van der Waals surface area contributed by atoms with Crippen LogP contribution in [0.3, 0.4) is 0 Å². The first kappa shape index (κ1) is 23.7. The summed E-state index contributed by atoms with van der Waals surface area (Å²) in [5.74, 6) is -0.172. The topological polar surface area (TPSA) is 20.3 Å². The molecule has 0 N–H and O–H groups in total. The van der Waals surface area contributed by atoms with E-state index in [1.165, 1.54) is 81.7 Å². The van der Waals surface area contributed by atoms with E-state index >= 15 is 0 Å². The maximum Gasteiger partial charge on any atom is 0.266 e. The lowest BCUT2D eigenvalue weighted by molar-refractivity contribution is -0.123. The summed E-state index contributed by atoms with van der Waals surface area (Å²) >= 11 is 8.71. The summed E-state index contributed by atoms with van der Waals surface area (Å²) in [5.41, 5.74) is 0.983. The molecule has 1 aliphatic carbocycles. The van der Waals surface area contributed by atoms with Crippen molar-refractivity contribution in [2.24, 2.45) is 0 Å². The first-order chi connectivity index (χ1) is 15.6. The van der Waals surface area contributed by atoms with Crippen molar-refractivity contribution in [2.45, 2.75) is 76.7 Å². The number of carbonyl (C=O) groups is 1.